The minimum atomic E-state index is -2.84. The van der Waals surface area contributed by atoms with Gasteiger partial charge in [-0.3, -0.25) is 9.78 Å². The highest BCUT2D eigenvalue weighted by Gasteiger charge is 2.17. The predicted molar refractivity (Wildman–Crippen MR) is 57.6 cm³/mol. The number of aliphatic hydroxyl groups excluding tert-OH is 1. The highest BCUT2D eigenvalue weighted by atomic mass is 19.3. The van der Waals surface area contributed by atoms with Crippen LogP contribution in [0.4, 0.5) is 8.78 Å². The fourth-order valence-corrected chi connectivity index (χ4v) is 1.20. The smallest absolute Gasteiger partial charge is 0.265 e. The number of halogens is 2. The van der Waals surface area contributed by atoms with Crippen LogP contribution >= 0.6 is 0 Å². The first-order valence-electron chi connectivity index (χ1n) is 5.21. The predicted octanol–water partition coefficient (Wildman–Crippen LogP) is 0.756. The Morgan fingerprint density at radius 2 is 2.06 bits per heavy atom. The molecule has 0 aliphatic heterocycles. The highest BCUT2D eigenvalue weighted by molar-refractivity contribution is 5.76. The minimum absolute atomic E-state index is 0.194. The molecule has 0 radical (unpaired) electrons. The third-order valence-corrected chi connectivity index (χ3v) is 2.19. The molecule has 1 aromatic rings. The summed E-state index contributed by atoms with van der Waals surface area (Å²) in [4.78, 5) is 15.1. The van der Waals surface area contributed by atoms with Crippen LogP contribution in [-0.4, -0.2) is 35.1 Å². The Bertz CT molecular complexity index is 347. The third kappa shape index (κ3) is 5.35. The van der Waals surface area contributed by atoms with Gasteiger partial charge in [0.2, 0.25) is 5.91 Å². The maximum absolute atomic E-state index is 11.9. The number of nitrogens with one attached hydrogen (secondary N) is 1. The van der Waals surface area contributed by atoms with Gasteiger partial charge in [-0.05, 0) is 24.1 Å². The van der Waals surface area contributed by atoms with E-state index in [4.69, 9.17) is 5.11 Å². The molecule has 6 heteroatoms. The van der Waals surface area contributed by atoms with E-state index < -0.39 is 19.1 Å². The molecule has 1 atom stereocenters. The van der Waals surface area contributed by atoms with E-state index in [9.17, 15) is 13.6 Å². The summed E-state index contributed by atoms with van der Waals surface area (Å²) in [7, 11) is 0. The Kier molecular flexibility index (Phi) is 5.48. The number of carbonyl (C=O) groups excluding carboxylic acids is 1. The van der Waals surface area contributed by atoms with Crippen molar-refractivity contribution in [2.24, 2.45) is 0 Å². The lowest BCUT2D eigenvalue weighted by molar-refractivity contribution is -0.122. The molecule has 4 nitrogen and oxygen atoms in total. The minimum Gasteiger partial charge on any atom is -0.385 e. The average molecular weight is 244 g/mol. The standard InChI is InChI=1S/C11H14F2N2O2/c12-11(13)9(16)7-15-10(17)2-1-8-3-5-14-6-4-8/h3-6,9,11,16H,1-2,7H2,(H,15,17). The van der Waals surface area contributed by atoms with Crippen molar-refractivity contribution in [1.29, 1.82) is 0 Å². The number of hydrogen-bond donors (Lipinski definition) is 2. The maximum atomic E-state index is 11.9. The van der Waals surface area contributed by atoms with Gasteiger partial charge in [0.1, 0.15) is 6.10 Å². The fourth-order valence-electron chi connectivity index (χ4n) is 1.20. The zero-order chi connectivity index (χ0) is 12.7. The quantitative estimate of drug-likeness (QED) is 0.776. The van der Waals surface area contributed by atoms with Crippen LogP contribution in [0.1, 0.15) is 12.0 Å². The molecule has 0 aliphatic rings. The van der Waals surface area contributed by atoms with E-state index in [-0.39, 0.29) is 12.3 Å². The molecule has 1 amide bonds. The van der Waals surface area contributed by atoms with Crippen LogP contribution in [0.2, 0.25) is 0 Å². The number of nitrogens with zero attached hydrogens (tertiary/aromatic N) is 1. The number of aromatic nitrogens is 1. The molecule has 0 aromatic carbocycles. The van der Waals surface area contributed by atoms with E-state index in [2.05, 4.69) is 10.3 Å². The lowest BCUT2D eigenvalue weighted by atomic mass is 10.1. The Morgan fingerprint density at radius 1 is 1.41 bits per heavy atom. The van der Waals surface area contributed by atoms with E-state index in [0.29, 0.717) is 6.42 Å². The molecule has 1 unspecified atom stereocenters. The third-order valence-electron chi connectivity index (χ3n) is 2.19. The maximum Gasteiger partial charge on any atom is 0.265 e. The summed E-state index contributed by atoms with van der Waals surface area (Å²) in [5.41, 5.74) is 0.949. The number of pyridine rings is 1. The summed E-state index contributed by atoms with van der Waals surface area (Å²) in [6.45, 7) is -0.424. The number of aliphatic hydroxyl groups is 1. The van der Waals surface area contributed by atoms with Crippen molar-refractivity contribution in [3.8, 4) is 0 Å². The van der Waals surface area contributed by atoms with Crippen molar-refractivity contribution >= 4 is 5.91 Å². The number of carbonyl (C=O) groups is 1. The molecule has 2 N–H and O–H groups in total. The normalized spacial score (nSPS) is 12.5. The average Bonchev–Trinajstić information content (AvgIpc) is 2.34. The van der Waals surface area contributed by atoms with E-state index in [1.165, 1.54) is 0 Å². The Hall–Kier alpha value is -1.56. The van der Waals surface area contributed by atoms with Gasteiger partial charge in [0, 0.05) is 25.4 Å². The first-order chi connectivity index (χ1) is 8.09. The largest absolute Gasteiger partial charge is 0.385 e. The summed E-state index contributed by atoms with van der Waals surface area (Å²) in [5.74, 6) is -0.360. The zero-order valence-corrected chi connectivity index (χ0v) is 9.14. The van der Waals surface area contributed by atoms with Crippen LogP contribution < -0.4 is 5.32 Å². The molecule has 0 saturated carbocycles. The monoisotopic (exact) mass is 244 g/mol. The van der Waals surface area contributed by atoms with Crippen molar-refractivity contribution in [2.75, 3.05) is 6.54 Å². The lowest BCUT2D eigenvalue weighted by Gasteiger charge is -2.10. The summed E-state index contributed by atoms with van der Waals surface area (Å²) < 4.78 is 23.8. The molecule has 1 heterocycles. The molecule has 0 bridgehead atoms. The van der Waals surface area contributed by atoms with E-state index >= 15 is 0 Å². The highest BCUT2D eigenvalue weighted by Crippen LogP contribution is 2.01. The molecule has 0 spiro atoms. The van der Waals surface area contributed by atoms with Crippen LogP contribution in [0.3, 0.4) is 0 Å². The molecule has 0 saturated heterocycles. The second-order valence-corrected chi connectivity index (χ2v) is 3.56. The van der Waals surface area contributed by atoms with Crippen molar-refractivity contribution in [3.05, 3.63) is 30.1 Å². The Balaban J connectivity index is 2.22. The van der Waals surface area contributed by atoms with E-state index in [0.717, 1.165) is 5.56 Å². The van der Waals surface area contributed by atoms with Crippen LogP contribution in [0.5, 0.6) is 0 Å². The summed E-state index contributed by atoms with van der Waals surface area (Å²) in [5, 5.41) is 11.0. The molecule has 17 heavy (non-hydrogen) atoms. The second kappa shape index (κ2) is 6.90. The fraction of sp³-hybridized carbons (Fsp3) is 0.455. The van der Waals surface area contributed by atoms with Gasteiger partial charge in [0.25, 0.3) is 6.43 Å². The van der Waals surface area contributed by atoms with Crippen LogP contribution in [0, 0.1) is 0 Å². The molecule has 1 aromatic heterocycles. The number of amides is 1. The van der Waals surface area contributed by atoms with Gasteiger partial charge in [0.05, 0.1) is 0 Å². The van der Waals surface area contributed by atoms with Crippen molar-refractivity contribution in [3.63, 3.8) is 0 Å². The Labute approximate surface area is 97.7 Å². The molecule has 94 valence electrons. The van der Waals surface area contributed by atoms with Gasteiger partial charge in [-0.2, -0.15) is 0 Å². The first kappa shape index (κ1) is 13.5. The second-order valence-electron chi connectivity index (χ2n) is 3.56. The molecule has 1 rings (SSSR count). The summed E-state index contributed by atoms with van der Waals surface area (Å²) in [6.07, 6.45) is -0.698. The number of hydrogen-bond acceptors (Lipinski definition) is 3. The molecular formula is C11H14F2N2O2. The van der Waals surface area contributed by atoms with Gasteiger partial charge < -0.3 is 10.4 Å². The SMILES string of the molecule is O=C(CCc1ccncc1)NCC(O)C(F)F. The van der Waals surface area contributed by atoms with Crippen molar-refractivity contribution < 1.29 is 18.7 Å². The van der Waals surface area contributed by atoms with Crippen molar-refractivity contribution in [1.82, 2.24) is 10.3 Å². The van der Waals surface area contributed by atoms with Crippen LogP contribution in [-0.2, 0) is 11.2 Å². The van der Waals surface area contributed by atoms with Crippen LogP contribution in [0.25, 0.3) is 0 Å². The lowest BCUT2D eigenvalue weighted by Crippen LogP contribution is -2.35. The first-order valence-corrected chi connectivity index (χ1v) is 5.21. The topological polar surface area (TPSA) is 62.2 Å². The van der Waals surface area contributed by atoms with Gasteiger partial charge in [-0.15, -0.1) is 0 Å². The van der Waals surface area contributed by atoms with E-state index in [1.807, 2.05) is 0 Å². The molecular weight excluding hydrogens is 230 g/mol. The Morgan fingerprint density at radius 3 is 2.65 bits per heavy atom. The van der Waals surface area contributed by atoms with E-state index in [1.54, 1.807) is 24.5 Å². The summed E-state index contributed by atoms with van der Waals surface area (Å²) >= 11 is 0. The van der Waals surface area contributed by atoms with Gasteiger partial charge in [-0.25, -0.2) is 8.78 Å². The molecule has 0 fully saturated rings. The summed E-state index contributed by atoms with van der Waals surface area (Å²) in [6, 6.07) is 3.56. The molecule has 0 aliphatic carbocycles. The van der Waals surface area contributed by atoms with Crippen LogP contribution in [0.15, 0.2) is 24.5 Å². The van der Waals surface area contributed by atoms with Gasteiger partial charge >= 0.3 is 0 Å². The number of aryl methyl sites for hydroxylation is 1. The van der Waals surface area contributed by atoms with Gasteiger partial charge in [0.15, 0.2) is 0 Å². The van der Waals surface area contributed by atoms with Gasteiger partial charge in [-0.1, -0.05) is 0 Å². The number of alkyl halides is 2. The van der Waals surface area contributed by atoms with Crippen molar-refractivity contribution in [2.45, 2.75) is 25.4 Å². The zero-order valence-electron chi connectivity index (χ0n) is 9.14. The number of rotatable bonds is 6.